The van der Waals surface area contributed by atoms with E-state index in [2.05, 4.69) is 5.32 Å². The molecule has 1 fully saturated rings. The zero-order valence-electron chi connectivity index (χ0n) is 11.0. The SMILES string of the molecule is CCOc1ccc(CN(C)C(=O)C2CNC2)cc1. The second-order valence-electron chi connectivity index (χ2n) is 4.63. The van der Waals surface area contributed by atoms with Crippen LogP contribution in [0.1, 0.15) is 12.5 Å². The average molecular weight is 248 g/mol. The van der Waals surface area contributed by atoms with Crippen molar-refractivity contribution in [2.24, 2.45) is 5.92 Å². The number of benzene rings is 1. The van der Waals surface area contributed by atoms with Gasteiger partial charge in [-0.1, -0.05) is 12.1 Å². The van der Waals surface area contributed by atoms with Crippen LogP contribution in [-0.2, 0) is 11.3 Å². The van der Waals surface area contributed by atoms with Crippen LogP contribution in [0.5, 0.6) is 5.75 Å². The number of nitrogens with one attached hydrogen (secondary N) is 1. The highest BCUT2D eigenvalue weighted by atomic mass is 16.5. The summed E-state index contributed by atoms with van der Waals surface area (Å²) in [5.74, 6) is 1.26. The molecule has 1 amide bonds. The first-order chi connectivity index (χ1) is 8.70. The van der Waals surface area contributed by atoms with Crippen LogP contribution in [-0.4, -0.2) is 37.6 Å². The first-order valence-electron chi connectivity index (χ1n) is 6.38. The Morgan fingerprint density at radius 2 is 2.06 bits per heavy atom. The molecule has 18 heavy (non-hydrogen) atoms. The Bertz CT molecular complexity index is 399. The molecule has 1 aromatic carbocycles. The summed E-state index contributed by atoms with van der Waals surface area (Å²) in [5, 5.41) is 3.12. The van der Waals surface area contributed by atoms with Crippen LogP contribution in [0.25, 0.3) is 0 Å². The molecular formula is C14H20N2O2. The minimum Gasteiger partial charge on any atom is -0.494 e. The van der Waals surface area contributed by atoms with Crippen LogP contribution in [0.2, 0.25) is 0 Å². The van der Waals surface area contributed by atoms with Crippen molar-refractivity contribution in [2.45, 2.75) is 13.5 Å². The highest BCUT2D eigenvalue weighted by Gasteiger charge is 2.27. The van der Waals surface area contributed by atoms with Crippen molar-refractivity contribution in [3.05, 3.63) is 29.8 Å². The van der Waals surface area contributed by atoms with E-state index in [1.165, 1.54) is 0 Å². The molecule has 0 radical (unpaired) electrons. The molecule has 4 nitrogen and oxygen atoms in total. The number of carbonyl (C=O) groups is 1. The van der Waals surface area contributed by atoms with Crippen LogP contribution in [0, 0.1) is 5.92 Å². The lowest BCUT2D eigenvalue weighted by molar-refractivity contribution is -0.136. The number of hydrogen-bond acceptors (Lipinski definition) is 3. The number of nitrogens with zero attached hydrogens (tertiary/aromatic N) is 1. The lowest BCUT2D eigenvalue weighted by Gasteiger charge is -2.30. The van der Waals surface area contributed by atoms with E-state index in [-0.39, 0.29) is 11.8 Å². The van der Waals surface area contributed by atoms with E-state index in [9.17, 15) is 4.79 Å². The van der Waals surface area contributed by atoms with Crippen molar-refractivity contribution in [3.8, 4) is 5.75 Å². The maximum Gasteiger partial charge on any atom is 0.228 e. The molecule has 0 saturated carbocycles. The van der Waals surface area contributed by atoms with Gasteiger partial charge in [-0.2, -0.15) is 0 Å². The maximum absolute atomic E-state index is 12.0. The van der Waals surface area contributed by atoms with Gasteiger partial charge in [-0.3, -0.25) is 4.79 Å². The fourth-order valence-corrected chi connectivity index (χ4v) is 1.98. The molecule has 0 aliphatic carbocycles. The topological polar surface area (TPSA) is 41.6 Å². The molecule has 2 rings (SSSR count). The molecule has 1 aliphatic heterocycles. The number of amides is 1. The molecule has 1 heterocycles. The molecule has 0 unspecified atom stereocenters. The van der Waals surface area contributed by atoms with Crippen LogP contribution in [0.4, 0.5) is 0 Å². The van der Waals surface area contributed by atoms with Gasteiger partial charge in [-0.15, -0.1) is 0 Å². The van der Waals surface area contributed by atoms with E-state index in [0.717, 1.165) is 24.4 Å². The molecule has 1 saturated heterocycles. The van der Waals surface area contributed by atoms with E-state index in [4.69, 9.17) is 4.74 Å². The molecule has 1 aromatic rings. The van der Waals surface area contributed by atoms with Gasteiger partial charge in [0.1, 0.15) is 5.75 Å². The third-order valence-electron chi connectivity index (χ3n) is 3.16. The second-order valence-corrected chi connectivity index (χ2v) is 4.63. The second kappa shape index (κ2) is 5.87. The van der Waals surface area contributed by atoms with Crippen molar-refractivity contribution in [3.63, 3.8) is 0 Å². The fourth-order valence-electron chi connectivity index (χ4n) is 1.98. The molecule has 4 heteroatoms. The quantitative estimate of drug-likeness (QED) is 0.853. The van der Waals surface area contributed by atoms with E-state index in [1.54, 1.807) is 4.90 Å². The Kier molecular flexibility index (Phi) is 4.20. The van der Waals surface area contributed by atoms with Crippen LogP contribution >= 0.6 is 0 Å². The molecule has 98 valence electrons. The largest absolute Gasteiger partial charge is 0.494 e. The smallest absolute Gasteiger partial charge is 0.228 e. The summed E-state index contributed by atoms with van der Waals surface area (Å²) in [6.07, 6.45) is 0. The summed E-state index contributed by atoms with van der Waals surface area (Å²) in [5.41, 5.74) is 1.13. The van der Waals surface area contributed by atoms with E-state index in [1.807, 2.05) is 38.2 Å². The Hall–Kier alpha value is -1.55. The van der Waals surface area contributed by atoms with Gasteiger partial charge in [0.15, 0.2) is 0 Å². The van der Waals surface area contributed by atoms with Crippen molar-refractivity contribution in [2.75, 3.05) is 26.7 Å². The molecule has 0 aromatic heterocycles. The molecule has 0 spiro atoms. The Morgan fingerprint density at radius 1 is 1.39 bits per heavy atom. The number of ether oxygens (including phenoxy) is 1. The summed E-state index contributed by atoms with van der Waals surface area (Å²) in [6, 6.07) is 7.91. The summed E-state index contributed by atoms with van der Waals surface area (Å²) in [4.78, 5) is 13.8. The summed E-state index contributed by atoms with van der Waals surface area (Å²) >= 11 is 0. The monoisotopic (exact) mass is 248 g/mol. The normalized spacial score (nSPS) is 15.0. The highest BCUT2D eigenvalue weighted by molar-refractivity contribution is 5.79. The van der Waals surface area contributed by atoms with Crippen molar-refractivity contribution in [1.29, 1.82) is 0 Å². The lowest BCUT2D eigenvalue weighted by Crippen LogP contribution is -2.50. The van der Waals surface area contributed by atoms with Gasteiger partial charge in [0.05, 0.1) is 12.5 Å². The van der Waals surface area contributed by atoms with E-state index < -0.39 is 0 Å². The molecule has 0 bridgehead atoms. The van der Waals surface area contributed by atoms with Crippen molar-refractivity contribution >= 4 is 5.91 Å². The van der Waals surface area contributed by atoms with E-state index in [0.29, 0.717) is 13.2 Å². The minimum absolute atomic E-state index is 0.165. The number of carbonyl (C=O) groups excluding carboxylic acids is 1. The van der Waals surface area contributed by atoms with Gasteiger partial charge in [0.25, 0.3) is 0 Å². The number of hydrogen-bond donors (Lipinski definition) is 1. The summed E-state index contributed by atoms with van der Waals surface area (Å²) in [7, 11) is 1.86. The first kappa shape index (κ1) is 12.9. The van der Waals surface area contributed by atoms with Gasteiger partial charge < -0.3 is 15.0 Å². The van der Waals surface area contributed by atoms with Gasteiger partial charge >= 0.3 is 0 Å². The fraction of sp³-hybridized carbons (Fsp3) is 0.500. The van der Waals surface area contributed by atoms with Crippen LogP contribution in [0.15, 0.2) is 24.3 Å². The predicted molar refractivity (Wildman–Crippen MR) is 70.4 cm³/mol. The zero-order valence-corrected chi connectivity index (χ0v) is 11.0. The standard InChI is InChI=1S/C14H20N2O2/c1-3-18-13-6-4-11(5-7-13)10-16(2)14(17)12-8-15-9-12/h4-7,12,15H,3,8-10H2,1-2H3. The minimum atomic E-state index is 0.165. The lowest BCUT2D eigenvalue weighted by atomic mass is 10.0. The Morgan fingerprint density at radius 3 is 2.56 bits per heavy atom. The third kappa shape index (κ3) is 3.01. The Labute approximate surface area is 108 Å². The van der Waals surface area contributed by atoms with Crippen LogP contribution in [0.3, 0.4) is 0 Å². The average Bonchev–Trinajstić information content (AvgIpc) is 2.29. The summed E-state index contributed by atoms with van der Waals surface area (Å²) < 4.78 is 5.39. The van der Waals surface area contributed by atoms with Crippen LogP contribution < -0.4 is 10.1 Å². The van der Waals surface area contributed by atoms with Crippen molar-refractivity contribution < 1.29 is 9.53 Å². The molecular weight excluding hydrogens is 228 g/mol. The molecule has 0 atom stereocenters. The van der Waals surface area contributed by atoms with Gasteiger partial charge in [-0.05, 0) is 24.6 Å². The molecule has 1 N–H and O–H groups in total. The first-order valence-corrected chi connectivity index (χ1v) is 6.38. The maximum atomic E-state index is 12.0. The Balaban J connectivity index is 1.89. The molecule has 1 aliphatic rings. The van der Waals surface area contributed by atoms with Gasteiger partial charge in [0.2, 0.25) is 5.91 Å². The predicted octanol–water partition coefficient (Wildman–Crippen LogP) is 1.26. The third-order valence-corrected chi connectivity index (χ3v) is 3.16. The van der Waals surface area contributed by atoms with E-state index >= 15 is 0 Å². The summed E-state index contributed by atoms with van der Waals surface area (Å²) in [6.45, 7) is 4.92. The van der Waals surface area contributed by atoms with Gasteiger partial charge in [-0.25, -0.2) is 0 Å². The highest BCUT2D eigenvalue weighted by Crippen LogP contribution is 2.15. The van der Waals surface area contributed by atoms with Gasteiger partial charge in [0, 0.05) is 26.7 Å². The van der Waals surface area contributed by atoms with Crippen molar-refractivity contribution in [1.82, 2.24) is 10.2 Å². The number of rotatable bonds is 5. The zero-order chi connectivity index (χ0) is 13.0.